The van der Waals surface area contributed by atoms with Crippen molar-refractivity contribution in [3.05, 3.63) is 33.5 Å². The lowest BCUT2D eigenvalue weighted by molar-refractivity contribution is -0.192. The van der Waals surface area contributed by atoms with E-state index in [0.717, 1.165) is 6.07 Å². The van der Waals surface area contributed by atoms with Crippen LogP contribution in [-0.2, 0) is 4.79 Å². The van der Waals surface area contributed by atoms with Crippen molar-refractivity contribution in [3.8, 4) is 0 Å². The number of carboxylic acid groups (broad SMARTS) is 1. The molecule has 0 radical (unpaired) electrons. The third kappa shape index (κ3) is 7.17. The minimum absolute atomic E-state index is 0.00990. The molecule has 1 atom stereocenters. The van der Waals surface area contributed by atoms with Gasteiger partial charge in [-0.3, -0.25) is 9.59 Å². The van der Waals surface area contributed by atoms with Crippen LogP contribution < -0.4 is 5.32 Å². The van der Waals surface area contributed by atoms with Gasteiger partial charge in [0.25, 0.3) is 11.7 Å². The summed E-state index contributed by atoms with van der Waals surface area (Å²) >= 11 is 0.491. The van der Waals surface area contributed by atoms with Gasteiger partial charge in [0.05, 0.1) is 15.8 Å². The Morgan fingerprint density at radius 2 is 1.59 bits per heavy atom. The molecule has 8 nitrogen and oxygen atoms in total. The lowest BCUT2D eigenvalue weighted by Crippen LogP contribution is -2.26. The number of carbonyl (C=O) groups is 3. The van der Waals surface area contributed by atoms with Crippen LogP contribution in [0.25, 0.3) is 0 Å². The summed E-state index contributed by atoms with van der Waals surface area (Å²) in [5.74, 6) is -4.31. The van der Waals surface area contributed by atoms with E-state index in [1.807, 2.05) is 0 Å². The van der Waals surface area contributed by atoms with Crippen molar-refractivity contribution in [2.45, 2.75) is 32.2 Å². The number of nitrogens with zero attached hydrogens (tertiary/aromatic N) is 2. The number of aryl methyl sites for hydroxylation is 1. The second-order valence-electron chi connectivity index (χ2n) is 5.28. The molecule has 0 saturated carbocycles. The van der Waals surface area contributed by atoms with Crippen LogP contribution in [0.1, 0.15) is 44.0 Å². The Kier molecular flexibility index (Phi) is 7.49. The van der Waals surface area contributed by atoms with E-state index in [-0.39, 0.29) is 4.88 Å². The summed E-state index contributed by atoms with van der Waals surface area (Å²) < 4.78 is 68.7. The van der Waals surface area contributed by atoms with E-state index in [1.165, 1.54) is 6.07 Å². The molecular weight excluding hydrogens is 434 g/mol. The van der Waals surface area contributed by atoms with Crippen molar-refractivity contribution >= 4 is 29.0 Å². The first kappa shape index (κ1) is 24.1. The quantitative estimate of drug-likeness (QED) is 0.490. The van der Waals surface area contributed by atoms with E-state index in [2.05, 4.69) is 20.5 Å². The topological polar surface area (TPSA) is 125 Å². The lowest BCUT2D eigenvalue weighted by Gasteiger charge is -2.09. The summed E-state index contributed by atoms with van der Waals surface area (Å²) in [5, 5.41) is 17.2. The van der Waals surface area contributed by atoms with Crippen molar-refractivity contribution in [2.24, 2.45) is 0 Å². The first-order valence-corrected chi connectivity index (χ1v) is 8.16. The van der Waals surface area contributed by atoms with Gasteiger partial charge in [0.1, 0.15) is 5.82 Å². The zero-order valence-electron chi connectivity index (χ0n) is 14.5. The Bertz CT molecular complexity index is 889. The number of rotatable bonds is 4. The first-order chi connectivity index (χ1) is 13.1. The minimum atomic E-state index is -5.08. The van der Waals surface area contributed by atoms with Gasteiger partial charge >= 0.3 is 18.3 Å². The molecule has 0 bridgehead atoms. The van der Waals surface area contributed by atoms with Crippen molar-refractivity contribution in [1.82, 2.24) is 20.5 Å². The number of carbonyl (C=O) groups excluding carboxylic acids is 2. The second kappa shape index (κ2) is 9.02. The zero-order valence-corrected chi connectivity index (χ0v) is 15.3. The number of aromatic nitrogens is 3. The third-order valence-electron chi connectivity index (χ3n) is 2.93. The van der Waals surface area contributed by atoms with Gasteiger partial charge in [-0.1, -0.05) is 0 Å². The normalized spacial score (nSPS) is 12.6. The van der Waals surface area contributed by atoms with Gasteiger partial charge in [0.2, 0.25) is 0 Å². The van der Waals surface area contributed by atoms with Crippen LogP contribution >= 0.6 is 11.3 Å². The summed E-state index contributed by atoms with van der Waals surface area (Å²) in [4.78, 5) is 34.3. The Morgan fingerprint density at radius 1 is 1.07 bits per heavy atom. The molecule has 0 aliphatic carbocycles. The summed E-state index contributed by atoms with van der Waals surface area (Å²) in [6, 6.07) is 1.66. The molecule has 2 heterocycles. The molecule has 0 saturated heterocycles. The average molecular weight is 446 g/mol. The van der Waals surface area contributed by atoms with Crippen LogP contribution in [0.2, 0.25) is 0 Å². The Morgan fingerprint density at radius 3 is 2.00 bits per heavy atom. The van der Waals surface area contributed by atoms with E-state index in [4.69, 9.17) is 9.90 Å². The van der Waals surface area contributed by atoms with Gasteiger partial charge in [-0.05, 0) is 26.0 Å². The molecular formula is C14H12F6N4O4S. The molecule has 15 heteroatoms. The maximum absolute atomic E-state index is 12.3. The zero-order chi connectivity index (χ0) is 22.6. The molecule has 2 rings (SSSR count). The number of H-pyrrole nitrogens is 1. The van der Waals surface area contributed by atoms with Crippen molar-refractivity contribution in [3.63, 3.8) is 0 Å². The molecule has 0 aliphatic rings. The molecule has 1 amide bonds. The molecule has 3 N–H and O–H groups in total. The molecule has 0 aromatic carbocycles. The van der Waals surface area contributed by atoms with Crippen LogP contribution in [0, 0.1) is 6.92 Å². The van der Waals surface area contributed by atoms with Crippen LogP contribution in [0.15, 0.2) is 12.1 Å². The van der Waals surface area contributed by atoms with Crippen LogP contribution in [-0.4, -0.2) is 50.3 Å². The molecule has 0 fully saturated rings. The molecule has 0 aliphatic heterocycles. The van der Waals surface area contributed by atoms with Crippen LogP contribution in [0.3, 0.4) is 0 Å². The first-order valence-electron chi connectivity index (χ1n) is 7.34. The number of nitrogens with one attached hydrogen (secondary N) is 2. The van der Waals surface area contributed by atoms with Gasteiger partial charge < -0.3 is 15.4 Å². The number of hydrogen-bond acceptors (Lipinski definition) is 6. The number of alkyl halides is 6. The van der Waals surface area contributed by atoms with Gasteiger partial charge in [0.15, 0.2) is 5.82 Å². The number of aromatic amines is 1. The lowest BCUT2D eigenvalue weighted by atomic mass is 10.3. The predicted molar refractivity (Wildman–Crippen MR) is 85.4 cm³/mol. The molecule has 1 unspecified atom stereocenters. The number of Topliss-reactive ketones (excluding diaryl/α,β-unsaturated/α-hetero) is 1. The number of ketones is 1. The number of aliphatic carboxylic acids is 1. The standard InChI is InChI=1S/C12H11F3N4O2S.C2HF3O2/c1-5(10-17-6(2)18-19-10)16-11(21)8-4-3-7(22-8)9(20)12(13,14)15;3-2(4,5)1(6)7/h3-5H,1-2H3,(H,16,21)(H,17,18,19);(H,6,7). The van der Waals surface area contributed by atoms with E-state index < -0.39 is 40.9 Å². The predicted octanol–water partition coefficient (Wildman–Crippen LogP) is 3.04. The summed E-state index contributed by atoms with van der Waals surface area (Å²) in [6.07, 6.45) is -10.0. The monoisotopic (exact) mass is 446 g/mol. The van der Waals surface area contributed by atoms with E-state index in [9.17, 15) is 35.9 Å². The Balaban J connectivity index is 0.000000516. The van der Waals surface area contributed by atoms with Gasteiger partial charge in [-0.15, -0.1) is 21.5 Å². The molecule has 160 valence electrons. The third-order valence-corrected chi connectivity index (χ3v) is 4.01. The second-order valence-corrected chi connectivity index (χ2v) is 6.37. The summed E-state index contributed by atoms with van der Waals surface area (Å²) in [7, 11) is 0. The molecule has 2 aromatic heterocycles. The molecule has 29 heavy (non-hydrogen) atoms. The van der Waals surface area contributed by atoms with Crippen LogP contribution in [0.4, 0.5) is 26.3 Å². The number of carboxylic acids is 1. The average Bonchev–Trinajstić information content (AvgIpc) is 3.22. The van der Waals surface area contributed by atoms with Crippen molar-refractivity contribution < 1.29 is 45.8 Å². The van der Waals surface area contributed by atoms with Crippen molar-refractivity contribution in [1.29, 1.82) is 0 Å². The fourth-order valence-electron chi connectivity index (χ4n) is 1.62. The maximum Gasteiger partial charge on any atom is 0.490 e. The fraction of sp³-hybridized carbons (Fsp3) is 0.357. The number of amides is 1. The SMILES string of the molecule is Cc1nnc(C(C)NC(=O)c2ccc(C(=O)C(F)(F)F)s2)[nH]1.O=C(O)C(F)(F)F. The largest absolute Gasteiger partial charge is 0.490 e. The van der Waals surface area contributed by atoms with Crippen molar-refractivity contribution in [2.75, 3.05) is 0 Å². The highest BCUT2D eigenvalue weighted by Crippen LogP contribution is 2.26. The molecule has 2 aromatic rings. The van der Waals surface area contributed by atoms with Crippen LogP contribution in [0.5, 0.6) is 0 Å². The highest BCUT2D eigenvalue weighted by atomic mass is 32.1. The van der Waals surface area contributed by atoms with Gasteiger partial charge in [-0.25, -0.2) is 4.79 Å². The highest BCUT2D eigenvalue weighted by molar-refractivity contribution is 7.16. The Labute approximate surface area is 161 Å². The highest BCUT2D eigenvalue weighted by Gasteiger charge is 2.40. The van der Waals surface area contributed by atoms with E-state index >= 15 is 0 Å². The smallest absolute Gasteiger partial charge is 0.475 e. The maximum atomic E-state index is 12.3. The molecule has 0 spiro atoms. The summed E-state index contributed by atoms with van der Waals surface area (Å²) in [6.45, 7) is 3.34. The van der Waals surface area contributed by atoms with E-state index in [0.29, 0.717) is 23.0 Å². The minimum Gasteiger partial charge on any atom is -0.475 e. The number of hydrogen-bond donors (Lipinski definition) is 3. The fourth-order valence-corrected chi connectivity index (χ4v) is 2.49. The summed E-state index contributed by atoms with van der Waals surface area (Å²) in [5.41, 5.74) is 0. The number of halogens is 6. The van der Waals surface area contributed by atoms with Gasteiger partial charge in [0, 0.05) is 0 Å². The number of thiophene rings is 1. The Hall–Kier alpha value is -2.97. The van der Waals surface area contributed by atoms with E-state index in [1.54, 1.807) is 13.8 Å². The van der Waals surface area contributed by atoms with Gasteiger partial charge in [-0.2, -0.15) is 26.3 Å².